The Morgan fingerprint density at radius 3 is 2.22 bits per heavy atom. The number of methoxy groups -OCH3 is 1. The van der Waals surface area contributed by atoms with Crippen LogP contribution in [0.4, 0.5) is 0 Å². The maximum atomic E-state index is 13.6. The maximum Gasteiger partial charge on any atom is 0.261 e. The van der Waals surface area contributed by atoms with Gasteiger partial charge in [0.05, 0.1) is 7.11 Å². The van der Waals surface area contributed by atoms with E-state index in [0.29, 0.717) is 22.9 Å². The Morgan fingerprint density at radius 1 is 0.944 bits per heavy atom. The van der Waals surface area contributed by atoms with Crippen molar-refractivity contribution < 1.29 is 19.1 Å². The molecule has 0 saturated heterocycles. The number of nitrogens with zero attached hydrogens (tertiary/aromatic N) is 1. The van der Waals surface area contributed by atoms with E-state index >= 15 is 0 Å². The summed E-state index contributed by atoms with van der Waals surface area (Å²) >= 11 is 6.44. The molecular weight excluding hydrogens is 476 g/mol. The SMILES string of the molecule is CCC(C)NC(=O)C(Cc1ccccc1)N(Cc1ccccc1Cl)C(=O)COc1ccc(OC)cc1. The lowest BCUT2D eigenvalue weighted by Crippen LogP contribution is -2.53. The first-order valence-corrected chi connectivity index (χ1v) is 12.4. The zero-order valence-electron chi connectivity index (χ0n) is 20.9. The first-order chi connectivity index (χ1) is 17.4. The van der Waals surface area contributed by atoms with Gasteiger partial charge in [0, 0.05) is 24.0 Å². The molecule has 0 bridgehead atoms. The summed E-state index contributed by atoms with van der Waals surface area (Å²) in [4.78, 5) is 28.7. The number of benzene rings is 3. The van der Waals surface area contributed by atoms with E-state index in [1.165, 1.54) is 0 Å². The highest BCUT2D eigenvalue weighted by atomic mass is 35.5. The number of amides is 2. The van der Waals surface area contributed by atoms with Crippen LogP contribution in [0.2, 0.25) is 5.02 Å². The molecule has 36 heavy (non-hydrogen) atoms. The van der Waals surface area contributed by atoms with Gasteiger partial charge in [-0.2, -0.15) is 0 Å². The number of hydrogen-bond acceptors (Lipinski definition) is 4. The first-order valence-electron chi connectivity index (χ1n) is 12.0. The standard InChI is InChI=1S/C29H33ClN2O4/c1-4-21(2)31-29(34)27(18-22-10-6-5-7-11-22)32(19-23-12-8-9-13-26(23)30)28(33)20-36-25-16-14-24(35-3)15-17-25/h5-17,21,27H,4,18-20H2,1-3H3,(H,31,34). The predicted molar refractivity (Wildman–Crippen MR) is 142 cm³/mol. The molecule has 0 fully saturated rings. The van der Waals surface area contributed by atoms with E-state index in [1.807, 2.05) is 62.4 Å². The molecule has 6 nitrogen and oxygen atoms in total. The number of hydrogen-bond donors (Lipinski definition) is 1. The number of carbonyl (C=O) groups excluding carboxylic acids is 2. The van der Waals surface area contributed by atoms with E-state index in [-0.39, 0.29) is 31.0 Å². The smallest absolute Gasteiger partial charge is 0.261 e. The second-order valence-corrected chi connectivity index (χ2v) is 9.01. The fourth-order valence-corrected chi connectivity index (χ4v) is 3.90. The van der Waals surface area contributed by atoms with Gasteiger partial charge in [-0.1, -0.05) is 67.1 Å². The Balaban J connectivity index is 1.90. The van der Waals surface area contributed by atoms with Crippen molar-refractivity contribution in [2.75, 3.05) is 13.7 Å². The fraction of sp³-hybridized carbons (Fsp3) is 0.310. The lowest BCUT2D eigenvalue weighted by Gasteiger charge is -2.32. The van der Waals surface area contributed by atoms with Crippen molar-refractivity contribution in [2.24, 2.45) is 0 Å². The summed E-state index contributed by atoms with van der Waals surface area (Å²) in [5.74, 6) is 0.702. The van der Waals surface area contributed by atoms with Gasteiger partial charge in [0.2, 0.25) is 5.91 Å². The molecule has 0 aliphatic carbocycles. The molecule has 2 amide bonds. The Kier molecular flexibility index (Phi) is 10.2. The van der Waals surface area contributed by atoms with Gasteiger partial charge in [-0.15, -0.1) is 0 Å². The fourth-order valence-electron chi connectivity index (χ4n) is 3.71. The summed E-state index contributed by atoms with van der Waals surface area (Å²) in [7, 11) is 1.59. The van der Waals surface area contributed by atoms with E-state index in [0.717, 1.165) is 17.5 Å². The third-order valence-corrected chi connectivity index (χ3v) is 6.36. The molecule has 3 aromatic rings. The maximum absolute atomic E-state index is 13.6. The molecule has 3 aromatic carbocycles. The third-order valence-electron chi connectivity index (χ3n) is 5.99. The Morgan fingerprint density at radius 2 is 1.58 bits per heavy atom. The van der Waals surface area contributed by atoms with Crippen LogP contribution in [0.3, 0.4) is 0 Å². The summed E-state index contributed by atoms with van der Waals surface area (Å²) in [6.07, 6.45) is 1.14. The zero-order chi connectivity index (χ0) is 25.9. The topological polar surface area (TPSA) is 67.9 Å². The van der Waals surface area contributed by atoms with Gasteiger partial charge in [-0.05, 0) is 54.8 Å². The van der Waals surface area contributed by atoms with Crippen LogP contribution in [0.5, 0.6) is 11.5 Å². The van der Waals surface area contributed by atoms with Crippen molar-refractivity contribution in [3.8, 4) is 11.5 Å². The molecule has 0 saturated carbocycles. The highest BCUT2D eigenvalue weighted by Gasteiger charge is 2.31. The van der Waals surface area contributed by atoms with Gasteiger partial charge in [-0.25, -0.2) is 0 Å². The molecule has 0 spiro atoms. The zero-order valence-corrected chi connectivity index (χ0v) is 21.7. The van der Waals surface area contributed by atoms with E-state index in [1.54, 1.807) is 42.3 Å². The number of nitrogens with one attached hydrogen (secondary N) is 1. The molecule has 0 heterocycles. The number of halogens is 1. The largest absolute Gasteiger partial charge is 0.497 e. The molecule has 2 atom stereocenters. The quantitative estimate of drug-likeness (QED) is 0.361. The highest BCUT2D eigenvalue weighted by molar-refractivity contribution is 6.31. The normalized spacial score (nSPS) is 12.3. The van der Waals surface area contributed by atoms with E-state index in [2.05, 4.69) is 5.32 Å². The molecular formula is C29H33ClN2O4. The Labute approximate surface area is 218 Å². The van der Waals surface area contributed by atoms with Gasteiger partial charge in [0.1, 0.15) is 17.5 Å². The Bertz CT molecular complexity index is 1120. The summed E-state index contributed by atoms with van der Waals surface area (Å²) in [6.45, 7) is 3.91. The van der Waals surface area contributed by atoms with E-state index in [4.69, 9.17) is 21.1 Å². The van der Waals surface area contributed by atoms with Crippen LogP contribution in [0.1, 0.15) is 31.4 Å². The highest BCUT2D eigenvalue weighted by Crippen LogP contribution is 2.22. The monoisotopic (exact) mass is 508 g/mol. The van der Waals surface area contributed by atoms with E-state index in [9.17, 15) is 9.59 Å². The minimum atomic E-state index is -0.746. The summed E-state index contributed by atoms with van der Waals surface area (Å²) in [6, 6.07) is 23.2. The summed E-state index contributed by atoms with van der Waals surface area (Å²) in [5, 5.41) is 3.59. The summed E-state index contributed by atoms with van der Waals surface area (Å²) < 4.78 is 11.0. The van der Waals surface area contributed by atoms with Gasteiger partial charge >= 0.3 is 0 Å². The van der Waals surface area contributed by atoms with Crippen LogP contribution in [-0.2, 0) is 22.6 Å². The second-order valence-electron chi connectivity index (χ2n) is 8.60. The van der Waals surface area contributed by atoms with Crippen molar-refractivity contribution in [1.82, 2.24) is 10.2 Å². The first kappa shape index (κ1) is 27.1. The van der Waals surface area contributed by atoms with Crippen LogP contribution in [0.15, 0.2) is 78.9 Å². The molecule has 1 N–H and O–H groups in total. The average Bonchev–Trinajstić information content (AvgIpc) is 2.91. The molecule has 0 aliphatic heterocycles. The van der Waals surface area contributed by atoms with Gasteiger partial charge in [0.25, 0.3) is 5.91 Å². The predicted octanol–water partition coefficient (Wildman–Crippen LogP) is 5.28. The number of rotatable bonds is 12. The van der Waals surface area contributed by atoms with Gasteiger partial charge < -0.3 is 19.7 Å². The van der Waals surface area contributed by atoms with Crippen molar-refractivity contribution in [3.63, 3.8) is 0 Å². The minimum Gasteiger partial charge on any atom is -0.497 e. The lowest BCUT2D eigenvalue weighted by molar-refractivity contribution is -0.143. The third kappa shape index (κ3) is 7.75. The molecule has 3 rings (SSSR count). The number of carbonyl (C=O) groups is 2. The van der Waals surface area contributed by atoms with Crippen LogP contribution < -0.4 is 14.8 Å². The second kappa shape index (κ2) is 13.5. The molecule has 7 heteroatoms. The van der Waals surface area contributed by atoms with Crippen molar-refractivity contribution in [2.45, 2.75) is 45.3 Å². The van der Waals surface area contributed by atoms with Crippen LogP contribution in [0, 0.1) is 0 Å². The van der Waals surface area contributed by atoms with Crippen molar-refractivity contribution in [1.29, 1.82) is 0 Å². The van der Waals surface area contributed by atoms with Crippen LogP contribution in [0.25, 0.3) is 0 Å². The minimum absolute atomic E-state index is 0.0245. The summed E-state index contributed by atoms with van der Waals surface area (Å²) in [5.41, 5.74) is 1.71. The molecule has 190 valence electrons. The Hall–Kier alpha value is -3.51. The van der Waals surface area contributed by atoms with Crippen LogP contribution in [-0.4, -0.2) is 42.5 Å². The molecule has 2 unspecified atom stereocenters. The molecule has 0 radical (unpaired) electrons. The molecule has 0 aromatic heterocycles. The van der Waals surface area contributed by atoms with E-state index < -0.39 is 6.04 Å². The van der Waals surface area contributed by atoms with Crippen molar-refractivity contribution >= 4 is 23.4 Å². The van der Waals surface area contributed by atoms with Gasteiger partial charge in [-0.3, -0.25) is 9.59 Å². The van der Waals surface area contributed by atoms with Crippen molar-refractivity contribution in [3.05, 3.63) is 95.0 Å². The van der Waals surface area contributed by atoms with Crippen LogP contribution >= 0.6 is 11.6 Å². The van der Waals surface area contributed by atoms with Gasteiger partial charge in [0.15, 0.2) is 6.61 Å². The number of ether oxygens (including phenoxy) is 2. The average molecular weight is 509 g/mol. The lowest BCUT2D eigenvalue weighted by atomic mass is 10.0. The molecule has 0 aliphatic rings.